The van der Waals surface area contributed by atoms with Crippen LogP contribution in [0.25, 0.3) is 0 Å². The van der Waals surface area contributed by atoms with E-state index in [1.165, 1.54) is 13.3 Å². The van der Waals surface area contributed by atoms with Crippen LogP contribution in [0, 0.1) is 10.1 Å². The first-order chi connectivity index (χ1) is 8.10. The number of pyridine rings is 1. The summed E-state index contributed by atoms with van der Waals surface area (Å²) < 4.78 is 9.56. The molecular weight excluding hydrogens is 228 g/mol. The molecule has 7 heteroatoms. The van der Waals surface area contributed by atoms with Gasteiger partial charge in [0.15, 0.2) is 0 Å². The van der Waals surface area contributed by atoms with Gasteiger partial charge >= 0.3 is 11.7 Å². The van der Waals surface area contributed by atoms with Crippen molar-refractivity contribution in [3.8, 4) is 5.88 Å². The lowest BCUT2D eigenvalue weighted by molar-refractivity contribution is -0.386. The summed E-state index contributed by atoms with van der Waals surface area (Å²) in [4.78, 5) is 25.1. The Hall–Kier alpha value is -2.18. The smallest absolute Gasteiger partial charge is 0.339 e. The quantitative estimate of drug-likeness (QED) is 0.440. The summed E-state index contributed by atoms with van der Waals surface area (Å²) in [6.45, 7) is 2.19. The van der Waals surface area contributed by atoms with Gasteiger partial charge in [-0.15, -0.1) is 0 Å². The highest BCUT2D eigenvalue weighted by Gasteiger charge is 2.20. The minimum atomic E-state index is -0.678. The normalized spacial score (nSPS) is 9.76. The molecule has 0 aliphatic carbocycles. The molecule has 0 N–H and O–H groups in total. The SMILES string of the molecule is CCCOc1ncc(C(=O)OC)cc1[N+](=O)[O-]. The van der Waals surface area contributed by atoms with Crippen molar-refractivity contribution in [2.24, 2.45) is 0 Å². The van der Waals surface area contributed by atoms with Crippen LogP contribution in [-0.2, 0) is 4.74 Å². The number of aromatic nitrogens is 1. The lowest BCUT2D eigenvalue weighted by atomic mass is 10.2. The van der Waals surface area contributed by atoms with E-state index < -0.39 is 10.9 Å². The zero-order valence-corrected chi connectivity index (χ0v) is 9.50. The van der Waals surface area contributed by atoms with Crippen molar-refractivity contribution in [1.82, 2.24) is 4.98 Å². The van der Waals surface area contributed by atoms with Gasteiger partial charge in [0.25, 0.3) is 5.88 Å². The van der Waals surface area contributed by atoms with Gasteiger partial charge < -0.3 is 9.47 Å². The van der Waals surface area contributed by atoms with Crippen LogP contribution in [0.5, 0.6) is 5.88 Å². The molecule has 0 fully saturated rings. The number of nitro groups is 1. The van der Waals surface area contributed by atoms with Crippen LogP contribution in [0.2, 0.25) is 0 Å². The maximum absolute atomic E-state index is 11.2. The zero-order chi connectivity index (χ0) is 12.8. The highest BCUT2D eigenvalue weighted by atomic mass is 16.6. The van der Waals surface area contributed by atoms with Gasteiger partial charge in [0.1, 0.15) is 0 Å². The topological polar surface area (TPSA) is 91.6 Å². The molecule has 0 saturated heterocycles. The van der Waals surface area contributed by atoms with Crippen LogP contribution in [-0.4, -0.2) is 29.6 Å². The average molecular weight is 240 g/mol. The Labute approximate surface area is 97.5 Å². The summed E-state index contributed by atoms with van der Waals surface area (Å²) in [5, 5.41) is 10.8. The Morgan fingerprint density at radius 3 is 2.82 bits per heavy atom. The zero-order valence-electron chi connectivity index (χ0n) is 9.50. The molecule has 0 radical (unpaired) electrons. The molecule has 0 amide bonds. The van der Waals surface area contributed by atoms with Crippen LogP contribution in [0.15, 0.2) is 12.3 Å². The summed E-state index contributed by atoms with van der Waals surface area (Å²) >= 11 is 0. The van der Waals surface area contributed by atoms with E-state index in [0.717, 1.165) is 6.07 Å². The summed E-state index contributed by atoms with van der Waals surface area (Å²) in [7, 11) is 1.19. The fraction of sp³-hybridized carbons (Fsp3) is 0.400. The highest BCUT2D eigenvalue weighted by molar-refractivity contribution is 5.89. The molecule has 17 heavy (non-hydrogen) atoms. The van der Waals surface area contributed by atoms with Crippen molar-refractivity contribution in [1.29, 1.82) is 0 Å². The van der Waals surface area contributed by atoms with E-state index in [1.54, 1.807) is 0 Å². The Morgan fingerprint density at radius 2 is 2.29 bits per heavy atom. The first-order valence-electron chi connectivity index (χ1n) is 4.95. The molecule has 7 nitrogen and oxygen atoms in total. The highest BCUT2D eigenvalue weighted by Crippen LogP contribution is 2.25. The van der Waals surface area contributed by atoms with Crippen LogP contribution >= 0.6 is 0 Å². The molecule has 1 aromatic heterocycles. The molecule has 0 saturated carbocycles. The largest absolute Gasteiger partial charge is 0.473 e. The van der Waals surface area contributed by atoms with E-state index >= 15 is 0 Å². The number of methoxy groups -OCH3 is 1. The van der Waals surface area contributed by atoms with Crippen molar-refractivity contribution >= 4 is 11.7 Å². The summed E-state index contributed by atoms with van der Waals surface area (Å²) in [6.07, 6.45) is 1.89. The molecule has 0 bridgehead atoms. The Kier molecular flexibility index (Phi) is 4.38. The van der Waals surface area contributed by atoms with Crippen molar-refractivity contribution in [3.05, 3.63) is 27.9 Å². The number of hydrogen-bond acceptors (Lipinski definition) is 6. The number of ether oxygens (including phenoxy) is 2. The standard InChI is InChI=1S/C10H12N2O5/c1-3-4-17-9-8(12(14)15)5-7(6-11-9)10(13)16-2/h5-6H,3-4H2,1-2H3. The predicted octanol–water partition coefficient (Wildman–Crippen LogP) is 1.57. The number of nitrogens with zero attached hydrogens (tertiary/aromatic N) is 2. The molecule has 1 heterocycles. The van der Waals surface area contributed by atoms with Gasteiger partial charge in [-0.2, -0.15) is 0 Å². The van der Waals surface area contributed by atoms with Crippen molar-refractivity contribution in [2.75, 3.05) is 13.7 Å². The van der Waals surface area contributed by atoms with Crippen molar-refractivity contribution < 1.29 is 19.2 Å². The maximum atomic E-state index is 11.2. The fourth-order valence-electron chi connectivity index (χ4n) is 1.11. The number of carbonyl (C=O) groups is 1. The third kappa shape index (κ3) is 3.13. The Bertz CT molecular complexity index is 433. The Balaban J connectivity index is 3.08. The second-order valence-corrected chi connectivity index (χ2v) is 3.15. The summed E-state index contributed by atoms with van der Waals surface area (Å²) in [5.41, 5.74) is -0.329. The van der Waals surface area contributed by atoms with Crippen molar-refractivity contribution in [2.45, 2.75) is 13.3 Å². The Morgan fingerprint density at radius 1 is 1.59 bits per heavy atom. The van der Waals surface area contributed by atoms with Gasteiger partial charge in [0.2, 0.25) is 0 Å². The molecule has 0 unspecified atom stereocenters. The van der Waals surface area contributed by atoms with E-state index in [0.29, 0.717) is 13.0 Å². The molecule has 0 atom stereocenters. The molecular formula is C10H12N2O5. The van der Waals surface area contributed by atoms with Crippen LogP contribution in [0.1, 0.15) is 23.7 Å². The van der Waals surface area contributed by atoms with Gasteiger partial charge in [0, 0.05) is 12.3 Å². The third-order valence-corrected chi connectivity index (χ3v) is 1.89. The second-order valence-electron chi connectivity index (χ2n) is 3.15. The fourth-order valence-corrected chi connectivity index (χ4v) is 1.11. The first kappa shape index (κ1) is 12.9. The number of hydrogen-bond donors (Lipinski definition) is 0. The van der Waals surface area contributed by atoms with E-state index in [2.05, 4.69) is 9.72 Å². The van der Waals surface area contributed by atoms with E-state index in [-0.39, 0.29) is 17.1 Å². The number of carbonyl (C=O) groups excluding carboxylic acids is 1. The molecule has 0 aromatic carbocycles. The average Bonchev–Trinajstić information content (AvgIpc) is 2.35. The van der Waals surface area contributed by atoms with E-state index in [9.17, 15) is 14.9 Å². The predicted molar refractivity (Wildman–Crippen MR) is 58.0 cm³/mol. The van der Waals surface area contributed by atoms with Crippen molar-refractivity contribution in [3.63, 3.8) is 0 Å². The molecule has 0 aliphatic rings. The van der Waals surface area contributed by atoms with Crippen LogP contribution < -0.4 is 4.74 Å². The summed E-state index contributed by atoms with van der Waals surface area (Å²) in [5.74, 6) is -0.771. The van der Waals surface area contributed by atoms with Gasteiger partial charge in [-0.05, 0) is 6.42 Å². The second kappa shape index (κ2) is 5.78. The molecule has 0 spiro atoms. The lowest BCUT2D eigenvalue weighted by Crippen LogP contribution is -2.06. The minimum Gasteiger partial charge on any atom is -0.473 e. The van der Waals surface area contributed by atoms with Gasteiger partial charge in [-0.25, -0.2) is 9.78 Å². The third-order valence-electron chi connectivity index (χ3n) is 1.89. The van der Waals surface area contributed by atoms with Gasteiger partial charge in [-0.3, -0.25) is 10.1 Å². The van der Waals surface area contributed by atoms with E-state index in [4.69, 9.17) is 4.74 Å². The lowest BCUT2D eigenvalue weighted by Gasteiger charge is -2.05. The first-order valence-corrected chi connectivity index (χ1v) is 4.95. The monoisotopic (exact) mass is 240 g/mol. The van der Waals surface area contributed by atoms with Gasteiger partial charge in [0.05, 0.1) is 24.2 Å². The van der Waals surface area contributed by atoms with Gasteiger partial charge in [-0.1, -0.05) is 6.92 Å². The summed E-state index contributed by atoms with van der Waals surface area (Å²) in [6, 6.07) is 1.09. The number of esters is 1. The molecule has 92 valence electrons. The number of rotatable bonds is 5. The molecule has 0 aliphatic heterocycles. The minimum absolute atomic E-state index is 0.0167. The molecule has 1 rings (SSSR count). The maximum Gasteiger partial charge on any atom is 0.339 e. The molecule has 1 aromatic rings. The van der Waals surface area contributed by atoms with E-state index in [1.807, 2.05) is 6.92 Å². The van der Waals surface area contributed by atoms with Crippen LogP contribution in [0.4, 0.5) is 5.69 Å². The van der Waals surface area contributed by atoms with Crippen LogP contribution in [0.3, 0.4) is 0 Å².